The summed E-state index contributed by atoms with van der Waals surface area (Å²) in [5, 5.41) is 0. The lowest BCUT2D eigenvalue weighted by molar-refractivity contribution is 0.417. The van der Waals surface area contributed by atoms with Gasteiger partial charge in [-0.1, -0.05) is 0 Å². The molecule has 0 aliphatic rings. The van der Waals surface area contributed by atoms with Crippen molar-refractivity contribution in [1.29, 1.82) is 0 Å². The summed E-state index contributed by atoms with van der Waals surface area (Å²) >= 11 is 0. The number of anilines is 1. The Kier molecular flexibility index (Phi) is 2.59. The highest BCUT2D eigenvalue weighted by Gasteiger charge is 2.08. The molecule has 19 heavy (non-hydrogen) atoms. The molecule has 0 aliphatic carbocycles. The quantitative estimate of drug-likeness (QED) is 0.689. The van der Waals surface area contributed by atoms with E-state index in [-0.39, 0.29) is 0 Å². The lowest BCUT2D eigenvalue weighted by atomic mass is 10.2. The first-order valence-electron chi connectivity index (χ1n) is 5.93. The summed E-state index contributed by atoms with van der Waals surface area (Å²) < 4.78 is 5.14. The van der Waals surface area contributed by atoms with E-state index in [1.807, 2.05) is 31.2 Å². The van der Waals surface area contributed by atoms with E-state index in [1.54, 1.807) is 13.3 Å². The van der Waals surface area contributed by atoms with E-state index in [1.165, 1.54) is 0 Å². The molecule has 0 radical (unpaired) electrons. The van der Waals surface area contributed by atoms with Crippen LogP contribution in [0.2, 0.25) is 0 Å². The molecule has 2 aromatic heterocycles. The van der Waals surface area contributed by atoms with Gasteiger partial charge >= 0.3 is 0 Å². The maximum absolute atomic E-state index is 5.91. The van der Waals surface area contributed by atoms with Gasteiger partial charge in [-0.3, -0.25) is 0 Å². The minimum atomic E-state index is 0.588. The molecular weight excluding hydrogens is 240 g/mol. The lowest BCUT2D eigenvalue weighted by Crippen LogP contribution is -1.93. The van der Waals surface area contributed by atoms with Gasteiger partial charge < -0.3 is 15.5 Å². The number of hydrogen-bond donors (Lipinski definition) is 2. The maximum Gasteiger partial charge on any atom is 0.178 e. The number of ether oxygens (including phenoxy) is 1. The predicted octanol–water partition coefficient (Wildman–Crippen LogP) is 2.52. The van der Waals surface area contributed by atoms with Gasteiger partial charge in [0.05, 0.1) is 18.3 Å². The predicted molar refractivity (Wildman–Crippen MR) is 75.0 cm³/mol. The second-order valence-electron chi connectivity index (χ2n) is 4.43. The van der Waals surface area contributed by atoms with Gasteiger partial charge in [0.15, 0.2) is 5.65 Å². The molecule has 0 saturated heterocycles. The molecule has 96 valence electrons. The van der Waals surface area contributed by atoms with Crippen LogP contribution in [-0.2, 0) is 0 Å². The number of pyridine rings is 1. The van der Waals surface area contributed by atoms with Gasteiger partial charge in [-0.15, -0.1) is 0 Å². The Morgan fingerprint density at radius 3 is 2.84 bits per heavy atom. The van der Waals surface area contributed by atoms with Crippen molar-refractivity contribution in [3.8, 4) is 17.1 Å². The van der Waals surface area contributed by atoms with Gasteiger partial charge in [-0.05, 0) is 36.8 Å². The third-order valence-corrected chi connectivity index (χ3v) is 2.98. The molecule has 5 nitrogen and oxygen atoms in total. The first-order valence-corrected chi connectivity index (χ1v) is 5.93. The molecule has 0 bridgehead atoms. The van der Waals surface area contributed by atoms with Crippen LogP contribution in [0.25, 0.3) is 22.6 Å². The van der Waals surface area contributed by atoms with Crippen LogP contribution in [0.3, 0.4) is 0 Å². The number of nitrogens with two attached hydrogens (primary N) is 1. The van der Waals surface area contributed by atoms with E-state index in [0.29, 0.717) is 17.1 Å². The second-order valence-corrected chi connectivity index (χ2v) is 4.43. The van der Waals surface area contributed by atoms with Crippen LogP contribution in [-0.4, -0.2) is 22.1 Å². The summed E-state index contributed by atoms with van der Waals surface area (Å²) in [6.07, 6.45) is 1.80. The summed E-state index contributed by atoms with van der Waals surface area (Å²) in [5.74, 6) is 1.41. The minimum absolute atomic E-state index is 0.588. The highest BCUT2D eigenvalue weighted by Crippen LogP contribution is 2.27. The van der Waals surface area contributed by atoms with Crippen LogP contribution >= 0.6 is 0 Å². The molecule has 0 amide bonds. The summed E-state index contributed by atoms with van der Waals surface area (Å²) in [5.41, 5.74) is 10.1. The largest absolute Gasteiger partial charge is 0.495 e. The molecule has 0 saturated carbocycles. The normalized spacial score (nSPS) is 10.8. The van der Waals surface area contributed by atoms with Crippen LogP contribution < -0.4 is 10.5 Å². The number of aryl methyl sites for hydroxylation is 1. The molecule has 5 heteroatoms. The lowest BCUT2D eigenvalue weighted by Gasteiger charge is -2.05. The number of nitrogens with zero attached hydrogens (tertiary/aromatic N) is 2. The van der Waals surface area contributed by atoms with Crippen molar-refractivity contribution in [2.24, 2.45) is 0 Å². The molecule has 0 aliphatic heterocycles. The van der Waals surface area contributed by atoms with E-state index in [4.69, 9.17) is 10.5 Å². The number of aromatic amines is 1. The number of nitrogens with one attached hydrogen (secondary N) is 1. The molecule has 3 aromatic rings. The number of H-pyrrole nitrogens is 1. The Morgan fingerprint density at radius 2 is 2.11 bits per heavy atom. The van der Waals surface area contributed by atoms with Crippen molar-refractivity contribution in [3.05, 3.63) is 36.0 Å². The number of imidazole rings is 1. The third-order valence-electron chi connectivity index (χ3n) is 2.98. The molecule has 0 atom stereocenters. The molecule has 3 rings (SSSR count). The zero-order valence-electron chi connectivity index (χ0n) is 10.8. The van der Waals surface area contributed by atoms with Crippen LogP contribution in [0.4, 0.5) is 5.69 Å². The van der Waals surface area contributed by atoms with E-state index < -0.39 is 0 Å². The van der Waals surface area contributed by atoms with E-state index in [2.05, 4.69) is 15.0 Å². The van der Waals surface area contributed by atoms with Crippen LogP contribution in [0, 0.1) is 6.92 Å². The monoisotopic (exact) mass is 254 g/mol. The number of methoxy groups -OCH3 is 1. The summed E-state index contributed by atoms with van der Waals surface area (Å²) in [6, 6.07) is 7.60. The summed E-state index contributed by atoms with van der Waals surface area (Å²) in [6.45, 7) is 2.00. The second kappa shape index (κ2) is 4.28. The van der Waals surface area contributed by atoms with Crippen molar-refractivity contribution < 1.29 is 4.74 Å². The summed E-state index contributed by atoms with van der Waals surface area (Å²) in [7, 11) is 1.60. The number of aromatic nitrogens is 3. The Balaban J connectivity index is 2.11. The van der Waals surface area contributed by atoms with Crippen molar-refractivity contribution >= 4 is 16.9 Å². The molecule has 0 fully saturated rings. The molecule has 1 aromatic carbocycles. The highest BCUT2D eigenvalue weighted by atomic mass is 16.5. The molecule has 2 heterocycles. The third kappa shape index (κ3) is 1.99. The maximum atomic E-state index is 5.91. The van der Waals surface area contributed by atoms with Crippen molar-refractivity contribution in [3.63, 3.8) is 0 Å². The van der Waals surface area contributed by atoms with Crippen LogP contribution in [0.1, 0.15) is 5.56 Å². The first-order chi connectivity index (χ1) is 9.17. The highest BCUT2D eigenvalue weighted by molar-refractivity contribution is 5.77. The van der Waals surface area contributed by atoms with Gasteiger partial charge in [0, 0.05) is 11.8 Å². The minimum Gasteiger partial charge on any atom is -0.495 e. The van der Waals surface area contributed by atoms with Crippen molar-refractivity contribution in [1.82, 2.24) is 15.0 Å². The average Bonchev–Trinajstić information content (AvgIpc) is 2.81. The van der Waals surface area contributed by atoms with E-state index in [0.717, 1.165) is 22.5 Å². The number of hydrogen-bond acceptors (Lipinski definition) is 4. The van der Waals surface area contributed by atoms with Gasteiger partial charge in [0.25, 0.3) is 0 Å². The SMILES string of the molecule is COc1ccc(-c2nc3ncc(C)cc3[nH]2)cc1N. The fraction of sp³-hybridized carbons (Fsp3) is 0.143. The zero-order valence-corrected chi connectivity index (χ0v) is 10.8. The fourth-order valence-electron chi connectivity index (χ4n) is 2.02. The van der Waals surface area contributed by atoms with Crippen molar-refractivity contribution in [2.45, 2.75) is 6.92 Å². The van der Waals surface area contributed by atoms with Gasteiger partial charge in [-0.25, -0.2) is 9.97 Å². The molecule has 0 unspecified atom stereocenters. The zero-order chi connectivity index (χ0) is 13.4. The fourth-order valence-corrected chi connectivity index (χ4v) is 2.02. The van der Waals surface area contributed by atoms with Gasteiger partial charge in [-0.2, -0.15) is 0 Å². The van der Waals surface area contributed by atoms with Crippen LogP contribution in [0.5, 0.6) is 5.75 Å². The number of rotatable bonds is 2. The smallest absolute Gasteiger partial charge is 0.178 e. The Labute approximate surface area is 110 Å². The molecule has 3 N–H and O–H groups in total. The Morgan fingerprint density at radius 1 is 1.26 bits per heavy atom. The van der Waals surface area contributed by atoms with Gasteiger partial charge in [0.1, 0.15) is 11.6 Å². The topological polar surface area (TPSA) is 76.8 Å². The van der Waals surface area contributed by atoms with E-state index in [9.17, 15) is 0 Å². The summed E-state index contributed by atoms with van der Waals surface area (Å²) in [4.78, 5) is 12.0. The number of nitrogen functional groups attached to an aromatic ring is 1. The Hall–Kier alpha value is -2.56. The van der Waals surface area contributed by atoms with Crippen molar-refractivity contribution in [2.75, 3.05) is 12.8 Å². The molecular formula is C14H14N4O. The number of fused-ring (bicyclic) bond motifs is 1. The average molecular weight is 254 g/mol. The number of benzene rings is 1. The Bertz CT molecular complexity index is 748. The van der Waals surface area contributed by atoms with Crippen LogP contribution in [0.15, 0.2) is 30.5 Å². The van der Waals surface area contributed by atoms with Gasteiger partial charge in [0.2, 0.25) is 0 Å². The van der Waals surface area contributed by atoms with E-state index >= 15 is 0 Å². The molecule has 0 spiro atoms. The first kappa shape index (κ1) is 11.5. The standard InChI is InChI=1S/C14H14N4O/c1-8-5-11-14(16-7-8)18-13(17-11)9-3-4-12(19-2)10(15)6-9/h3-7H,15H2,1-2H3,(H,16,17,18).